The zero-order valence-electron chi connectivity index (χ0n) is 15.2. The molecule has 1 fully saturated rings. The number of furan rings is 1. The van der Waals surface area contributed by atoms with Crippen molar-refractivity contribution in [2.75, 3.05) is 20.2 Å². The van der Waals surface area contributed by atoms with Gasteiger partial charge in [-0.25, -0.2) is 0 Å². The largest absolute Gasteiger partial charge is 0.497 e. The second-order valence-corrected chi connectivity index (χ2v) is 7.01. The smallest absolute Gasteiger partial charge is 0.258 e. The van der Waals surface area contributed by atoms with Gasteiger partial charge in [0.1, 0.15) is 17.1 Å². The topological polar surface area (TPSA) is 42.7 Å². The normalized spacial score (nSPS) is 15.4. The molecular weight excluding hydrogens is 326 g/mol. The molecule has 1 aliphatic rings. The summed E-state index contributed by atoms with van der Waals surface area (Å²) in [5, 5.41) is 0.812. The Bertz CT molecular complexity index is 921. The van der Waals surface area contributed by atoms with E-state index in [0.29, 0.717) is 22.8 Å². The maximum Gasteiger partial charge on any atom is 0.258 e. The van der Waals surface area contributed by atoms with Crippen LogP contribution in [0.4, 0.5) is 0 Å². The van der Waals surface area contributed by atoms with Crippen molar-refractivity contribution in [1.29, 1.82) is 0 Å². The van der Waals surface area contributed by atoms with Gasteiger partial charge >= 0.3 is 0 Å². The van der Waals surface area contributed by atoms with Gasteiger partial charge < -0.3 is 14.1 Å². The lowest BCUT2D eigenvalue weighted by Gasteiger charge is -2.30. The van der Waals surface area contributed by atoms with Crippen LogP contribution in [0.15, 0.2) is 52.9 Å². The molecule has 0 radical (unpaired) electrons. The van der Waals surface area contributed by atoms with Crippen LogP contribution >= 0.6 is 0 Å². The molecule has 4 heteroatoms. The molecule has 1 amide bonds. The van der Waals surface area contributed by atoms with Crippen LogP contribution in [-0.4, -0.2) is 31.0 Å². The highest BCUT2D eigenvalue weighted by Gasteiger charge is 2.28. The number of amides is 1. The molecule has 4 rings (SSSR count). The summed E-state index contributed by atoms with van der Waals surface area (Å²) in [7, 11) is 1.63. The molecule has 0 saturated carbocycles. The van der Waals surface area contributed by atoms with Crippen molar-refractivity contribution in [2.24, 2.45) is 5.92 Å². The molecule has 1 aromatic heterocycles. The van der Waals surface area contributed by atoms with Gasteiger partial charge in [-0.3, -0.25) is 4.79 Å². The van der Waals surface area contributed by atoms with E-state index in [-0.39, 0.29) is 5.91 Å². The van der Waals surface area contributed by atoms with Crippen LogP contribution < -0.4 is 4.74 Å². The standard InChI is InChI=1S/C22H23NO3/c1-15-10-12-23(13-11-15)22(24)20-18-14-17(25-2)8-9-19(18)26-21(20)16-6-4-3-5-7-16/h3-9,14-15H,10-13H2,1-2H3. The minimum atomic E-state index is 0.0442. The van der Waals surface area contributed by atoms with Gasteiger partial charge in [0.2, 0.25) is 0 Å². The van der Waals surface area contributed by atoms with E-state index in [1.54, 1.807) is 7.11 Å². The molecule has 0 N–H and O–H groups in total. The van der Waals surface area contributed by atoms with Crippen molar-refractivity contribution < 1.29 is 13.9 Å². The first kappa shape index (κ1) is 16.7. The number of fused-ring (bicyclic) bond motifs is 1. The van der Waals surface area contributed by atoms with Gasteiger partial charge in [-0.15, -0.1) is 0 Å². The second-order valence-electron chi connectivity index (χ2n) is 7.01. The van der Waals surface area contributed by atoms with Crippen LogP contribution in [0, 0.1) is 5.92 Å². The highest BCUT2D eigenvalue weighted by Crippen LogP contribution is 2.36. The summed E-state index contributed by atoms with van der Waals surface area (Å²) >= 11 is 0. The third-order valence-electron chi connectivity index (χ3n) is 5.22. The van der Waals surface area contributed by atoms with E-state index in [4.69, 9.17) is 9.15 Å². The zero-order chi connectivity index (χ0) is 18.1. The molecule has 1 saturated heterocycles. The number of carbonyl (C=O) groups excluding carboxylic acids is 1. The molecule has 0 aliphatic carbocycles. The first-order chi connectivity index (χ1) is 12.7. The van der Waals surface area contributed by atoms with Crippen LogP contribution in [0.3, 0.4) is 0 Å². The Morgan fingerprint density at radius 3 is 2.54 bits per heavy atom. The number of carbonyl (C=O) groups is 1. The van der Waals surface area contributed by atoms with Gasteiger partial charge in [-0.05, 0) is 37.0 Å². The molecule has 3 aromatic rings. The fourth-order valence-corrected chi connectivity index (χ4v) is 3.58. The van der Waals surface area contributed by atoms with Gasteiger partial charge in [0.15, 0.2) is 0 Å². The molecule has 0 bridgehead atoms. The monoisotopic (exact) mass is 349 g/mol. The molecule has 134 valence electrons. The summed E-state index contributed by atoms with van der Waals surface area (Å²) in [6, 6.07) is 15.5. The fourth-order valence-electron chi connectivity index (χ4n) is 3.58. The molecule has 0 unspecified atom stereocenters. The Kier molecular flexibility index (Phi) is 4.41. The average Bonchev–Trinajstić information content (AvgIpc) is 3.07. The lowest BCUT2D eigenvalue weighted by atomic mass is 9.97. The number of likely N-dealkylation sites (tertiary alicyclic amines) is 1. The Balaban J connectivity index is 1.85. The zero-order valence-corrected chi connectivity index (χ0v) is 15.2. The molecule has 0 spiro atoms. The molecule has 2 aromatic carbocycles. The number of methoxy groups -OCH3 is 1. The Hall–Kier alpha value is -2.75. The van der Waals surface area contributed by atoms with Crippen molar-refractivity contribution in [3.05, 3.63) is 54.1 Å². The molecule has 4 nitrogen and oxygen atoms in total. The minimum Gasteiger partial charge on any atom is -0.497 e. The third-order valence-corrected chi connectivity index (χ3v) is 5.22. The van der Waals surface area contributed by atoms with Gasteiger partial charge in [0.05, 0.1) is 12.7 Å². The van der Waals surface area contributed by atoms with Gasteiger partial charge in [-0.2, -0.15) is 0 Å². The summed E-state index contributed by atoms with van der Waals surface area (Å²) < 4.78 is 11.5. The second kappa shape index (κ2) is 6.87. The number of rotatable bonds is 3. The van der Waals surface area contributed by atoms with E-state index in [1.807, 2.05) is 53.4 Å². The van der Waals surface area contributed by atoms with Crippen LogP contribution in [0.2, 0.25) is 0 Å². The first-order valence-corrected chi connectivity index (χ1v) is 9.12. The van der Waals surface area contributed by atoms with E-state index < -0.39 is 0 Å². The van der Waals surface area contributed by atoms with Crippen molar-refractivity contribution in [1.82, 2.24) is 4.90 Å². The number of ether oxygens (including phenoxy) is 1. The van der Waals surface area contributed by atoms with Crippen LogP contribution in [0.25, 0.3) is 22.3 Å². The van der Waals surface area contributed by atoms with Crippen LogP contribution in [-0.2, 0) is 0 Å². The summed E-state index contributed by atoms with van der Waals surface area (Å²) in [5.74, 6) is 2.08. The van der Waals surface area contributed by atoms with E-state index in [0.717, 1.165) is 42.6 Å². The minimum absolute atomic E-state index is 0.0442. The highest BCUT2D eigenvalue weighted by molar-refractivity contribution is 6.11. The fraction of sp³-hybridized carbons (Fsp3) is 0.318. The molecule has 0 atom stereocenters. The third kappa shape index (κ3) is 2.96. The number of hydrogen-bond donors (Lipinski definition) is 0. The van der Waals surface area contributed by atoms with E-state index in [2.05, 4.69) is 6.92 Å². The number of benzene rings is 2. The lowest BCUT2D eigenvalue weighted by molar-refractivity contribution is 0.0699. The van der Waals surface area contributed by atoms with Gasteiger partial charge in [0.25, 0.3) is 5.91 Å². The number of piperidine rings is 1. The highest BCUT2D eigenvalue weighted by atomic mass is 16.5. The number of nitrogens with zero attached hydrogens (tertiary/aromatic N) is 1. The van der Waals surface area contributed by atoms with Gasteiger partial charge in [0, 0.05) is 24.0 Å². The molecule has 1 aliphatic heterocycles. The van der Waals surface area contributed by atoms with E-state index in [9.17, 15) is 4.79 Å². The van der Waals surface area contributed by atoms with Crippen LogP contribution in [0.1, 0.15) is 30.1 Å². The number of hydrogen-bond acceptors (Lipinski definition) is 3. The summed E-state index contributed by atoms with van der Waals surface area (Å²) in [6.45, 7) is 3.84. The average molecular weight is 349 g/mol. The Morgan fingerprint density at radius 1 is 1.12 bits per heavy atom. The van der Waals surface area contributed by atoms with Crippen molar-refractivity contribution in [2.45, 2.75) is 19.8 Å². The van der Waals surface area contributed by atoms with Crippen molar-refractivity contribution >= 4 is 16.9 Å². The van der Waals surface area contributed by atoms with Crippen molar-refractivity contribution in [3.8, 4) is 17.1 Å². The predicted octanol–water partition coefficient (Wildman–Crippen LogP) is 4.98. The van der Waals surface area contributed by atoms with E-state index >= 15 is 0 Å². The maximum absolute atomic E-state index is 13.4. The summed E-state index contributed by atoms with van der Waals surface area (Å²) in [4.78, 5) is 15.4. The van der Waals surface area contributed by atoms with Crippen molar-refractivity contribution in [3.63, 3.8) is 0 Å². The quantitative estimate of drug-likeness (QED) is 0.670. The van der Waals surface area contributed by atoms with E-state index in [1.165, 1.54) is 0 Å². The summed E-state index contributed by atoms with van der Waals surface area (Å²) in [6.07, 6.45) is 2.09. The SMILES string of the molecule is COc1ccc2oc(-c3ccccc3)c(C(=O)N3CCC(C)CC3)c2c1. The molecule has 2 heterocycles. The lowest BCUT2D eigenvalue weighted by Crippen LogP contribution is -2.38. The first-order valence-electron chi connectivity index (χ1n) is 9.12. The Morgan fingerprint density at radius 2 is 1.85 bits per heavy atom. The van der Waals surface area contributed by atoms with Crippen LogP contribution in [0.5, 0.6) is 5.75 Å². The molecular formula is C22H23NO3. The Labute approximate surface area is 153 Å². The van der Waals surface area contributed by atoms with Gasteiger partial charge in [-0.1, -0.05) is 37.3 Å². The predicted molar refractivity (Wildman–Crippen MR) is 103 cm³/mol. The molecule has 26 heavy (non-hydrogen) atoms. The maximum atomic E-state index is 13.4. The summed E-state index contributed by atoms with van der Waals surface area (Å²) in [5.41, 5.74) is 2.26.